The predicted octanol–water partition coefficient (Wildman–Crippen LogP) is 2.62. The van der Waals surface area contributed by atoms with Crippen molar-refractivity contribution in [3.8, 4) is 6.07 Å². The Morgan fingerprint density at radius 3 is 2.52 bits per heavy atom. The van der Waals surface area contributed by atoms with Gasteiger partial charge in [0.05, 0.1) is 26.9 Å². The third kappa shape index (κ3) is 2.79. The maximum atomic E-state index is 12.6. The van der Waals surface area contributed by atoms with E-state index in [4.69, 9.17) is 22.6 Å². The van der Waals surface area contributed by atoms with Gasteiger partial charge in [-0.15, -0.1) is 0 Å². The van der Waals surface area contributed by atoms with Crippen molar-refractivity contribution in [3.63, 3.8) is 0 Å². The number of nitrogens with two attached hydrogens (primary N) is 1. The van der Waals surface area contributed by atoms with Gasteiger partial charge in [0.1, 0.15) is 6.07 Å². The number of halogens is 1. The summed E-state index contributed by atoms with van der Waals surface area (Å²) < 4.78 is 26.2. The second kappa shape index (κ2) is 5.64. The first-order valence-corrected chi connectivity index (χ1v) is 7.73. The molecule has 2 N–H and O–H groups in total. The van der Waals surface area contributed by atoms with Gasteiger partial charge in [-0.2, -0.15) is 5.26 Å². The van der Waals surface area contributed by atoms with Crippen LogP contribution in [-0.2, 0) is 10.0 Å². The molecule has 2 aromatic carbocycles. The lowest BCUT2D eigenvalue weighted by atomic mass is 10.2. The van der Waals surface area contributed by atoms with E-state index < -0.39 is 10.0 Å². The van der Waals surface area contributed by atoms with Gasteiger partial charge in [0.2, 0.25) is 0 Å². The Kier molecular flexibility index (Phi) is 4.07. The minimum atomic E-state index is -3.82. The Bertz CT molecular complexity index is 828. The summed E-state index contributed by atoms with van der Waals surface area (Å²) in [5, 5.41) is 9.36. The molecule has 0 fully saturated rings. The Labute approximate surface area is 128 Å². The topological polar surface area (TPSA) is 87.2 Å². The van der Waals surface area contributed by atoms with Crippen LogP contribution in [0.4, 0.5) is 11.4 Å². The van der Waals surface area contributed by atoms with Crippen molar-refractivity contribution in [1.29, 1.82) is 5.26 Å². The van der Waals surface area contributed by atoms with Crippen LogP contribution in [-0.4, -0.2) is 15.5 Å². The molecule has 0 saturated carbocycles. The molecule has 2 rings (SSSR count). The van der Waals surface area contributed by atoms with E-state index in [0.29, 0.717) is 5.69 Å². The van der Waals surface area contributed by atoms with Gasteiger partial charge in [-0.05, 0) is 30.3 Å². The second-order valence-corrected chi connectivity index (χ2v) is 6.66. The van der Waals surface area contributed by atoms with Crippen LogP contribution >= 0.6 is 11.6 Å². The van der Waals surface area contributed by atoms with E-state index in [2.05, 4.69) is 0 Å². The SMILES string of the molecule is CN(c1ccccc1C#N)S(=O)(=O)c1ccc(Cl)c(N)c1. The van der Waals surface area contributed by atoms with E-state index in [1.165, 1.54) is 25.2 Å². The van der Waals surface area contributed by atoms with Gasteiger partial charge in [-0.25, -0.2) is 8.42 Å². The second-order valence-electron chi connectivity index (χ2n) is 4.28. The van der Waals surface area contributed by atoms with E-state index in [0.717, 1.165) is 4.31 Å². The average Bonchev–Trinajstić information content (AvgIpc) is 2.49. The third-order valence-electron chi connectivity index (χ3n) is 2.99. The molecule has 0 aliphatic heterocycles. The lowest BCUT2D eigenvalue weighted by Crippen LogP contribution is -2.27. The van der Waals surface area contributed by atoms with E-state index >= 15 is 0 Å². The number of nitrogens with zero attached hydrogens (tertiary/aromatic N) is 2. The van der Waals surface area contributed by atoms with Crippen LogP contribution < -0.4 is 10.0 Å². The molecule has 0 spiro atoms. The number of nitrogen functional groups attached to an aromatic ring is 1. The summed E-state index contributed by atoms with van der Waals surface area (Å²) in [5.74, 6) is 0. The van der Waals surface area contributed by atoms with Crippen LogP contribution in [0.25, 0.3) is 0 Å². The maximum absolute atomic E-state index is 12.6. The van der Waals surface area contributed by atoms with Crippen molar-refractivity contribution < 1.29 is 8.42 Å². The highest BCUT2D eigenvalue weighted by atomic mass is 35.5. The van der Waals surface area contributed by atoms with Crippen LogP contribution in [0.3, 0.4) is 0 Å². The molecule has 0 amide bonds. The first kappa shape index (κ1) is 15.2. The minimum Gasteiger partial charge on any atom is -0.397 e. The first-order chi connectivity index (χ1) is 9.87. The molecule has 2 aromatic rings. The smallest absolute Gasteiger partial charge is 0.264 e. The molecule has 0 bridgehead atoms. The monoisotopic (exact) mass is 321 g/mol. The Morgan fingerprint density at radius 1 is 1.24 bits per heavy atom. The summed E-state index contributed by atoms with van der Waals surface area (Å²) in [6.07, 6.45) is 0. The largest absolute Gasteiger partial charge is 0.397 e. The standard InChI is InChI=1S/C14H12ClN3O2S/c1-18(14-5-3-2-4-10(14)9-16)21(19,20)11-6-7-12(15)13(17)8-11/h2-8H,17H2,1H3. The number of hydrogen-bond acceptors (Lipinski definition) is 4. The highest BCUT2D eigenvalue weighted by Crippen LogP contribution is 2.28. The molecule has 0 unspecified atom stereocenters. The summed E-state index contributed by atoms with van der Waals surface area (Å²) in [4.78, 5) is 0.0136. The van der Waals surface area contributed by atoms with Crippen LogP contribution in [0, 0.1) is 11.3 Å². The lowest BCUT2D eigenvalue weighted by molar-refractivity contribution is 0.594. The number of anilines is 2. The van der Waals surface area contributed by atoms with E-state index in [-0.39, 0.29) is 21.2 Å². The van der Waals surface area contributed by atoms with Gasteiger partial charge in [0.15, 0.2) is 0 Å². The van der Waals surface area contributed by atoms with Crippen molar-refractivity contribution in [3.05, 3.63) is 53.1 Å². The summed E-state index contributed by atoms with van der Waals surface area (Å²) in [7, 11) is -2.44. The van der Waals surface area contributed by atoms with Gasteiger partial charge < -0.3 is 5.73 Å². The molecule has 0 aromatic heterocycles. The highest BCUT2D eigenvalue weighted by molar-refractivity contribution is 7.92. The number of nitriles is 1. The highest BCUT2D eigenvalue weighted by Gasteiger charge is 2.23. The number of rotatable bonds is 3. The lowest BCUT2D eigenvalue weighted by Gasteiger charge is -2.20. The zero-order valence-corrected chi connectivity index (χ0v) is 12.7. The summed E-state index contributed by atoms with van der Waals surface area (Å²) in [6, 6.07) is 12.5. The molecule has 0 radical (unpaired) electrons. The van der Waals surface area contributed by atoms with Gasteiger partial charge >= 0.3 is 0 Å². The molecule has 0 aliphatic carbocycles. The predicted molar refractivity (Wildman–Crippen MR) is 82.6 cm³/mol. The van der Waals surface area contributed by atoms with Gasteiger partial charge in [-0.1, -0.05) is 23.7 Å². The molecule has 5 nitrogen and oxygen atoms in total. The van der Waals surface area contributed by atoms with Crippen LogP contribution in [0.15, 0.2) is 47.4 Å². The Hall–Kier alpha value is -2.23. The first-order valence-electron chi connectivity index (χ1n) is 5.91. The molecule has 108 valence electrons. The quantitative estimate of drug-likeness (QED) is 0.880. The third-order valence-corrected chi connectivity index (χ3v) is 5.10. The van der Waals surface area contributed by atoms with Gasteiger partial charge in [0.25, 0.3) is 10.0 Å². The number of benzene rings is 2. The van der Waals surface area contributed by atoms with E-state index in [1.54, 1.807) is 24.3 Å². The Morgan fingerprint density at radius 2 is 1.90 bits per heavy atom. The summed E-state index contributed by atoms with van der Waals surface area (Å²) >= 11 is 5.80. The van der Waals surface area contributed by atoms with E-state index in [9.17, 15) is 8.42 Å². The number of para-hydroxylation sites is 1. The van der Waals surface area contributed by atoms with E-state index in [1.807, 2.05) is 6.07 Å². The molecule has 0 aliphatic rings. The molecule has 7 heteroatoms. The number of sulfonamides is 1. The van der Waals surface area contributed by atoms with Crippen molar-refractivity contribution in [2.75, 3.05) is 17.1 Å². The fraction of sp³-hybridized carbons (Fsp3) is 0.0714. The Balaban J connectivity index is 2.53. The fourth-order valence-electron chi connectivity index (χ4n) is 1.81. The molecule has 0 atom stereocenters. The molecular weight excluding hydrogens is 310 g/mol. The maximum Gasteiger partial charge on any atom is 0.264 e. The van der Waals surface area contributed by atoms with Gasteiger partial charge in [-0.3, -0.25) is 4.31 Å². The normalized spacial score (nSPS) is 10.9. The summed E-state index contributed by atoms with van der Waals surface area (Å²) in [5.41, 5.74) is 6.39. The minimum absolute atomic E-state index is 0.0136. The van der Waals surface area contributed by atoms with Crippen LogP contribution in [0.5, 0.6) is 0 Å². The molecule has 0 heterocycles. The molecular formula is C14H12ClN3O2S. The van der Waals surface area contributed by atoms with Crippen LogP contribution in [0.1, 0.15) is 5.56 Å². The van der Waals surface area contributed by atoms with Crippen molar-refractivity contribution in [1.82, 2.24) is 0 Å². The average molecular weight is 322 g/mol. The van der Waals surface area contributed by atoms with Gasteiger partial charge in [0, 0.05) is 7.05 Å². The van der Waals surface area contributed by atoms with Crippen molar-refractivity contribution >= 4 is 33.0 Å². The molecule has 0 saturated heterocycles. The number of hydrogen-bond donors (Lipinski definition) is 1. The van der Waals surface area contributed by atoms with Crippen molar-refractivity contribution in [2.24, 2.45) is 0 Å². The summed E-state index contributed by atoms with van der Waals surface area (Å²) in [6.45, 7) is 0. The molecule has 21 heavy (non-hydrogen) atoms. The van der Waals surface area contributed by atoms with Crippen molar-refractivity contribution in [2.45, 2.75) is 4.90 Å². The fourth-order valence-corrected chi connectivity index (χ4v) is 3.18. The zero-order chi connectivity index (χ0) is 15.6. The van der Waals surface area contributed by atoms with Crippen LogP contribution in [0.2, 0.25) is 5.02 Å². The zero-order valence-electron chi connectivity index (χ0n) is 11.1.